The van der Waals surface area contributed by atoms with Crippen LogP contribution < -0.4 is 10.1 Å². The number of hydrogen-bond acceptors (Lipinski definition) is 3. The van der Waals surface area contributed by atoms with E-state index < -0.39 is 0 Å². The number of urea groups is 1. The van der Waals surface area contributed by atoms with Crippen LogP contribution in [-0.2, 0) is 6.61 Å². The SMILES string of the molecule is Cc1ccc(NC(=O)N2CCS[C@@H]2c2ccccc2OCc2ccccc2)c(C)c1. The second-order valence-corrected chi connectivity index (χ2v) is 8.67. The standard InChI is InChI=1S/C25H26N2O2S/c1-18-12-13-22(19(2)16-18)26-25(28)27-14-15-30-24(27)21-10-6-7-11-23(21)29-17-20-8-4-3-5-9-20/h3-13,16,24H,14-15,17H2,1-2H3,(H,26,28)/t24-/m1/s1. The molecule has 154 valence electrons. The maximum atomic E-state index is 13.1. The summed E-state index contributed by atoms with van der Waals surface area (Å²) in [6, 6.07) is 24.1. The molecule has 4 rings (SSSR count). The molecule has 0 bridgehead atoms. The quantitative estimate of drug-likeness (QED) is 0.539. The predicted octanol–water partition coefficient (Wildman–Crippen LogP) is 6.16. The number of nitrogens with zero attached hydrogens (tertiary/aromatic N) is 1. The topological polar surface area (TPSA) is 41.6 Å². The maximum absolute atomic E-state index is 13.1. The molecule has 1 heterocycles. The molecule has 0 radical (unpaired) electrons. The summed E-state index contributed by atoms with van der Waals surface area (Å²) >= 11 is 1.77. The van der Waals surface area contributed by atoms with Crippen molar-refractivity contribution >= 4 is 23.5 Å². The molecule has 1 fully saturated rings. The van der Waals surface area contributed by atoms with Crippen LogP contribution in [0, 0.1) is 13.8 Å². The number of amides is 2. The highest BCUT2D eigenvalue weighted by molar-refractivity contribution is 7.99. The molecule has 1 aliphatic rings. The minimum absolute atomic E-state index is 0.0669. The number of hydrogen-bond donors (Lipinski definition) is 1. The zero-order valence-electron chi connectivity index (χ0n) is 17.3. The Labute approximate surface area is 182 Å². The van der Waals surface area contributed by atoms with Gasteiger partial charge in [-0.1, -0.05) is 66.2 Å². The Morgan fingerprint density at radius 2 is 1.83 bits per heavy atom. The Morgan fingerprint density at radius 3 is 2.63 bits per heavy atom. The highest BCUT2D eigenvalue weighted by atomic mass is 32.2. The Balaban J connectivity index is 1.51. The van der Waals surface area contributed by atoms with Crippen molar-refractivity contribution in [3.8, 4) is 5.75 Å². The summed E-state index contributed by atoms with van der Waals surface area (Å²) in [6.45, 7) is 5.28. The average molecular weight is 419 g/mol. The third-order valence-electron chi connectivity index (χ3n) is 5.20. The molecular weight excluding hydrogens is 392 g/mol. The van der Waals surface area contributed by atoms with Crippen molar-refractivity contribution in [1.29, 1.82) is 0 Å². The summed E-state index contributed by atoms with van der Waals surface area (Å²) in [5, 5.41) is 3.02. The summed E-state index contributed by atoms with van der Waals surface area (Å²) in [5.74, 6) is 1.72. The fourth-order valence-electron chi connectivity index (χ4n) is 3.63. The lowest BCUT2D eigenvalue weighted by Gasteiger charge is -2.26. The van der Waals surface area contributed by atoms with Gasteiger partial charge in [0.1, 0.15) is 17.7 Å². The van der Waals surface area contributed by atoms with Crippen molar-refractivity contribution in [2.24, 2.45) is 0 Å². The molecule has 0 saturated carbocycles. The van der Waals surface area contributed by atoms with Gasteiger partial charge in [0.25, 0.3) is 0 Å². The summed E-state index contributed by atoms with van der Waals surface area (Å²) < 4.78 is 6.14. The maximum Gasteiger partial charge on any atom is 0.323 e. The zero-order chi connectivity index (χ0) is 20.9. The van der Waals surface area contributed by atoms with Crippen molar-refractivity contribution < 1.29 is 9.53 Å². The first-order valence-corrected chi connectivity index (χ1v) is 11.2. The normalized spacial score (nSPS) is 15.8. The Bertz CT molecular complexity index is 1020. The van der Waals surface area contributed by atoms with Gasteiger partial charge < -0.3 is 15.0 Å². The van der Waals surface area contributed by atoms with Gasteiger partial charge in [-0.25, -0.2) is 4.79 Å². The van der Waals surface area contributed by atoms with Gasteiger partial charge in [-0.2, -0.15) is 0 Å². The van der Waals surface area contributed by atoms with E-state index in [4.69, 9.17) is 4.74 Å². The minimum atomic E-state index is -0.0742. The number of rotatable bonds is 5. The molecule has 0 aliphatic carbocycles. The van der Waals surface area contributed by atoms with E-state index in [0.717, 1.165) is 33.9 Å². The lowest BCUT2D eigenvalue weighted by Crippen LogP contribution is -2.34. The van der Waals surface area contributed by atoms with Crippen molar-refractivity contribution in [2.75, 3.05) is 17.6 Å². The summed E-state index contributed by atoms with van der Waals surface area (Å²) in [6.07, 6.45) is 0. The third kappa shape index (κ3) is 4.62. The van der Waals surface area contributed by atoms with Crippen LogP contribution in [0.2, 0.25) is 0 Å². The van der Waals surface area contributed by atoms with Crippen LogP contribution in [0.25, 0.3) is 0 Å². The largest absolute Gasteiger partial charge is 0.489 e. The molecular formula is C25H26N2O2S. The number of ether oxygens (including phenoxy) is 1. The first kappa shape index (κ1) is 20.4. The third-order valence-corrected chi connectivity index (χ3v) is 6.44. The summed E-state index contributed by atoms with van der Waals surface area (Å²) in [5.41, 5.74) is 5.26. The van der Waals surface area contributed by atoms with Gasteiger partial charge in [-0.15, -0.1) is 11.8 Å². The average Bonchev–Trinajstić information content (AvgIpc) is 3.25. The van der Waals surface area contributed by atoms with Crippen molar-refractivity contribution in [3.63, 3.8) is 0 Å². The zero-order valence-corrected chi connectivity index (χ0v) is 18.1. The summed E-state index contributed by atoms with van der Waals surface area (Å²) in [7, 11) is 0. The van der Waals surface area contributed by atoms with E-state index in [-0.39, 0.29) is 11.4 Å². The van der Waals surface area contributed by atoms with Crippen molar-refractivity contribution in [2.45, 2.75) is 25.8 Å². The Morgan fingerprint density at radius 1 is 1.07 bits per heavy atom. The van der Waals surface area contributed by atoms with Gasteiger partial charge in [-0.05, 0) is 37.1 Å². The molecule has 5 heteroatoms. The van der Waals surface area contributed by atoms with Gasteiger partial charge in [0.15, 0.2) is 0 Å². The number of nitrogens with one attached hydrogen (secondary N) is 1. The number of aryl methyl sites for hydroxylation is 2. The minimum Gasteiger partial charge on any atom is -0.489 e. The van der Waals surface area contributed by atoms with Crippen LogP contribution in [0.4, 0.5) is 10.5 Å². The number of thioether (sulfide) groups is 1. The number of benzene rings is 3. The van der Waals surface area contributed by atoms with Crippen molar-refractivity contribution in [3.05, 3.63) is 95.1 Å². The van der Waals surface area contributed by atoms with Gasteiger partial charge in [-0.3, -0.25) is 0 Å². The van der Waals surface area contributed by atoms with Crippen molar-refractivity contribution in [1.82, 2.24) is 4.90 Å². The molecule has 1 atom stereocenters. The van der Waals surface area contributed by atoms with E-state index in [1.165, 1.54) is 5.56 Å². The van der Waals surface area contributed by atoms with Crippen LogP contribution in [0.5, 0.6) is 5.75 Å². The fraction of sp³-hybridized carbons (Fsp3) is 0.240. The summed E-state index contributed by atoms with van der Waals surface area (Å²) in [4.78, 5) is 15.0. The van der Waals surface area contributed by atoms with Gasteiger partial charge in [0.05, 0.1) is 0 Å². The molecule has 0 spiro atoms. The Hall–Kier alpha value is -2.92. The number of para-hydroxylation sites is 1. The second-order valence-electron chi connectivity index (χ2n) is 7.48. The molecule has 1 saturated heterocycles. The molecule has 2 amide bonds. The molecule has 30 heavy (non-hydrogen) atoms. The Kier molecular flexibility index (Phi) is 6.29. The lowest BCUT2D eigenvalue weighted by atomic mass is 10.1. The lowest BCUT2D eigenvalue weighted by molar-refractivity contribution is 0.213. The smallest absolute Gasteiger partial charge is 0.323 e. The molecule has 4 nitrogen and oxygen atoms in total. The molecule has 0 aromatic heterocycles. The first-order valence-electron chi connectivity index (χ1n) is 10.1. The second kappa shape index (κ2) is 9.26. The van der Waals surface area contributed by atoms with Crippen LogP contribution in [0.15, 0.2) is 72.8 Å². The van der Waals surface area contributed by atoms with E-state index in [1.807, 2.05) is 60.4 Å². The predicted molar refractivity (Wildman–Crippen MR) is 124 cm³/mol. The molecule has 1 N–H and O–H groups in total. The number of carbonyl (C=O) groups excluding carboxylic acids is 1. The molecule has 0 unspecified atom stereocenters. The van der Waals surface area contributed by atoms with E-state index in [2.05, 4.69) is 36.5 Å². The molecule has 1 aliphatic heterocycles. The molecule has 3 aromatic rings. The molecule has 3 aromatic carbocycles. The monoisotopic (exact) mass is 418 g/mol. The highest BCUT2D eigenvalue weighted by Crippen LogP contribution is 2.42. The number of anilines is 1. The van der Waals surface area contributed by atoms with Crippen LogP contribution in [0.1, 0.15) is 27.6 Å². The number of carbonyl (C=O) groups is 1. The van der Waals surface area contributed by atoms with Crippen LogP contribution in [0.3, 0.4) is 0 Å². The van der Waals surface area contributed by atoms with Gasteiger partial charge >= 0.3 is 6.03 Å². The van der Waals surface area contributed by atoms with Crippen LogP contribution in [-0.4, -0.2) is 23.2 Å². The van der Waals surface area contributed by atoms with Crippen LogP contribution >= 0.6 is 11.8 Å². The van der Waals surface area contributed by atoms with E-state index in [0.29, 0.717) is 13.2 Å². The first-order chi connectivity index (χ1) is 14.6. The van der Waals surface area contributed by atoms with E-state index in [1.54, 1.807) is 11.8 Å². The van der Waals surface area contributed by atoms with E-state index in [9.17, 15) is 4.79 Å². The van der Waals surface area contributed by atoms with E-state index >= 15 is 0 Å². The highest BCUT2D eigenvalue weighted by Gasteiger charge is 2.32. The van der Waals surface area contributed by atoms with Gasteiger partial charge in [0, 0.05) is 23.5 Å². The van der Waals surface area contributed by atoms with Gasteiger partial charge in [0.2, 0.25) is 0 Å². The fourth-order valence-corrected chi connectivity index (χ4v) is 4.91.